The molecule has 4 rings (SSSR count). The van der Waals surface area contributed by atoms with E-state index >= 15 is 0 Å². The summed E-state index contributed by atoms with van der Waals surface area (Å²) in [6, 6.07) is 12.9. The molecule has 30 heavy (non-hydrogen) atoms. The van der Waals surface area contributed by atoms with Gasteiger partial charge in [-0.15, -0.1) is 0 Å². The van der Waals surface area contributed by atoms with Gasteiger partial charge in [-0.2, -0.15) is 4.31 Å². The summed E-state index contributed by atoms with van der Waals surface area (Å²) in [6.45, 7) is 2.97. The summed E-state index contributed by atoms with van der Waals surface area (Å²) in [5.74, 6) is -0.165. The lowest BCUT2D eigenvalue weighted by Gasteiger charge is -2.26. The van der Waals surface area contributed by atoms with Crippen LogP contribution in [0.3, 0.4) is 0 Å². The van der Waals surface area contributed by atoms with Crippen LogP contribution in [0.15, 0.2) is 53.6 Å². The predicted octanol–water partition coefficient (Wildman–Crippen LogP) is 3.84. The van der Waals surface area contributed by atoms with E-state index in [1.807, 2.05) is 49.0 Å². The van der Waals surface area contributed by atoms with Crippen LogP contribution in [0, 0.1) is 6.92 Å². The van der Waals surface area contributed by atoms with E-state index in [0.29, 0.717) is 18.8 Å². The van der Waals surface area contributed by atoms with E-state index in [1.54, 1.807) is 22.5 Å². The summed E-state index contributed by atoms with van der Waals surface area (Å²) >= 11 is 0. The monoisotopic (exact) mass is 425 g/mol. The van der Waals surface area contributed by atoms with Crippen molar-refractivity contribution in [3.63, 3.8) is 0 Å². The fourth-order valence-electron chi connectivity index (χ4n) is 4.08. The maximum atomic E-state index is 13.0. The number of aromatic nitrogens is 1. The Labute approximate surface area is 177 Å². The number of aryl methyl sites for hydroxylation is 2. The minimum atomic E-state index is -3.54. The molecule has 1 fully saturated rings. The van der Waals surface area contributed by atoms with Crippen LogP contribution in [0.25, 0.3) is 10.9 Å². The zero-order valence-corrected chi connectivity index (χ0v) is 18.2. The van der Waals surface area contributed by atoms with E-state index < -0.39 is 10.0 Å². The van der Waals surface area contributed by atoms with Crippen molar-refractivity contribution >= 4 is 32.5 Å². The number of amides is 1. The van der Waals surface area contributed by atoms with Gasteiger partial charge in [0.15, 0.2) is 0 Å². The maximum absolute atomic E-state index is 13.0. The molecule has 1 amide bonds. The van der Waals surface area contributed by atoms with Gasteiger partial charge in [-0.1, -0.05) is 30.7 Å². The molecule has 3 aromatic rings. The van der Waals surface area contributed by atoms with Crippen molar-refractivity contribution in [3.05, 3.63) is 59.8 Å². The van der Waals surface area contributed by atoms with Gasteiger partial charge in [0.25, 0.3) is 0 Å². The largest absolute Gasteiger partial charge is 0.350 e. The van der Waals surface area contributed by atoms with Gasteiger partial charge in [0.1, 0.15) is 0 Å². The molecule has 158 valence electrons. The molecule has 0 saturated carbocycles. The SMILES string of the molecule is Cc1ccc(S(=O)(=O)N2CCCCC2)cc1NC(=O)Cc1cn(C)c2ccccc12. The number of rotatable bonds is 5. The molecule has 6 nitrogen and oxygen atoms in total. The molecule has 0 bridgehead atoms. The van der Waals surface area contributed by atoms with Crippen LogP contribution in [0.5, 0.6) is 0 Å². The van der Waals surface area contributed by atoms with Crippen molar-refractivity contribution in [2.75, 3.05) is 18.4 Å². The van der Waals surface area contributed by atoms with E-state index in [-0.39, 0.29) is 17.2 Å². The first-order chi connectivity index (χ1) is 14.4. The molecule has 0 aliphatic carbocycles. The Kier molecular flexibility index (Phi) is 5.66. The Morgan fingerprint density at radius 2 is 1.80 bits per heavy atom. The number of anilines is 1. The van der Waals surface area contributed by atoms with Gasteiger partial charge in [-0.25, -0.2) is 8.42 Å². The van der Waals surface area contributed by atoms with Crippen LogP contribution in [0.1, 0.15) is 30.4 Å². The molecule has 0 atom stereocenters. The second-order valence-electron chi connectivity index (χ2n) is 7.95. The molecule has 1 N–H and O–H groups in total. The summed E-state index contributed by atoms with van der Waals surface area (Å²) in [6.07, 6.45) is 5.03. The summed E-state index contributed by atoms with van der Waals surface area (Å²) in [7, 11) is -1.58. The number of carbonyl (C=O) groups excluding carboxylic acids is 1. The third-order valence-electron chi connectivity index (χ3n) is 5.77. The summed E-state index contributed by atoms with van der Waals surface area (Å²) < 4.78 is 29.5. The lowest BCUT2D eigenvalue weighted by molar-refractivity contribution is -0.115. The van der Waals surface area contributed by atoms with Gasteiger partial charge >= 0.3 is 0 Å². The number of fused-ring (bicyclic) bond motifs is 1. The third-order valence-corrected chi connectivity index (χ3v) is 7.66. The number of piperidine rings is 1. The fourth-order valence-corrected chi connectivity index (χ4v) is 5.63. The minimum absolute atomic E-state index is 0.165. The van der Waals surface area contributed by atoms with Crippen LogP contribution in [0.2, 0.25) is 0 Å². The number of carbonyl (C=O) groups is 1. The predicted molar refractivity (Wildman–Crippen MR) is 119 cm³/mol. The number of hydrogen-bond acceptors (Lipinski definition) is 3. The second-order valence-corrected chi connectivity index (χ2v) is 9.89. The average molecular weight is 426 g/mol. The van der Waals surface area contributed by atoms with Crippen molar-refractivity contribution in [3.8, 4) is 0 Å². The van der Waals surface area contributed by atoms with Crippen LogP contribution >= 0.6 is 0 Å². The molecular weight excluding hydrogens is 398 g/mol. The first-order valence-corrected chi connectivity index (χ1v) is 11.7. The Hall–Kier alpha value is -2.64. The minimum Gasteiger partial charge on any atom is -0.350 e. The Balaban J connectivity index is 1.55. The molecule has 0 spiro atoms. The Morgan fingerprint density at radius 3 is 2.57 bits per heavy atom. The molecule has 1 aliphatic rings. The zero-order valence-electron chi connectivity index (χ0n) is 17.4. The molecule has 2 heterocycles. The van der Waals surface area contributed by atoms with Crippen molar-refractivity contribution in [1.29, 1.82) is 0 Å². The van der Waals surface area contributed by atoms with Gasteiger partial charge in [0.2, 0.25) is 15.9 Å². The quantitative estimate of drug-likeness (QED) is 0.675. The molecule has 1 aliphatic heterocycles. The Morgan fingerprint density at radius 1 is 1.07 bits per heavy atom. The molecule has 0 radical (unpaired) electrons. The molecule has 2 aromatic carbocycles. The second kappa shape index (κ2) is 8.24. The van der Waals surface area contributed by atoms with E-state index in [1.165, 1.54) is 0 Å². The van der Waals surface area contributed by atoms with E-state index in [0.717, 1.165) is 41.3 Å². The highest BCUT2D eigenvalue weighted by Gasteiger charge is 2.26. The first kappa shape index (κ1) is 20.6. The average Bonchev–Trinajstić information content (AvgIpc) is 3.05. The van der Waals surface area contributed by atoms with Crippen LogP contribution < -0.4 is 5.32 Å². The number of sulfonamides is 1. The van der Waals surface area contributed by atoms with Gasteiger partial charge < -0.3 is 9.88 Å². The topological polar surface area (TPSA) is 71.4 Å². The normalized spacial score (nSPS) is 15.4. The van der Waals surface area contributed by atoms with Crippen molar-refractivity contribution in [1.82, 2.24) is 8.87 Å². The van der Waals surface area contributed by atoms with E-state index in [9.17, 15) is 13.2 Å². The third kappa shape index (κ3) is 4.00. The van der Waals surface area contributed by atoms with E-state index in [4.69, 9.17) is 0 Å². The number of nitrogens with one attached hydrogen (secondary N) is 1. The molecule has 1 saturated heterocycles. The summed E-state index contributed by atoms with van der Waals surface area (Å²) in [4.78, 5) is 13.0. The highest BCUT2D eigenvalue weighted by molar-refractivity contribution is 7.89. The maximum Gasteiger partial charge on any atom is 0.243 e. The molecular formula is C23H27N3O3S. The van der Waals surface area contributed by atoms with Crippen LogP contribution in [-0.4, -0.2) is 36.3 Å². The van der Waals surface area contributed by atoms with Gasteiger partial charge in [-0.3, -0.25) is 4.79 Å². The first-order valence-electron chi connectivity index (χ1n) is 10.3. The summed E-state index contributed by atoms with van der Waals surface area (Å²) in [5, 5.41) is 3.97. The zero-order chi connectivity index (χ0) is 21.3. The lowest BCUT2D eigenvalue weighted by Crippen LogP contribution is -2.35. The van der Waals surface area contributed by atoms with Crippen molar-refractivity contribution in [2.45, 2.75) is 37.5 Å². The van der Waals surface area contributed by atoms with Crippen molar-refractivity contribution < 1.29 is 13.2 Å². The number of para-hydroxylation sites is 1. The fraction of sp³-hybridized carbons (Fsp3) is 0.348. The number of hydrogen-bond donors (Lipinski definition) is 1. The number of nitrogens with zero attached hydrogens (tertiary/aromatic N) is 2. The highest BCUT2D eigenvalue weighted by atomic mass is 32.2. The smallest absolute Gasteiger partial charge is 0.243 e. The molecule has 7 heteroatoms. The molecule has 0 unspecified atom stereocenters. The Bertz CT molecular complexity index is 1190. The highest BCUT2D eigenvalue weighted by Crippen LogP contribution is 2.26. The van der Waals surface area contributed by atoms with Crippen LogP contribution in [0.4, 0.5) is 5.69 Å². The van der Waals surface area contributed by atoms with E-state index in [2.05, 4.69) is 5.32 Å². The van der Waals surface area contributed by atoms with Crippen molar-refractivity contribution in [2.24, 2.45) is 7.05 Å². The van der Waals surface area contributed by atoms with Gasteiger partial charge in [0, 0.05) is 42.9 Å². The van der Waals surface area contributed by atoms with Gasteiger partial charge in [-0.05, 0) is 49.1 Å². The molecule has 1 aromatic heterocycles. The van der Waals surface area contributed by atoms with Gasteiger partial charge in [0.05, 0.1) is 11.3 Å². The lowest BCUT2D eigenvalue weighted by atomic mass is 10.1. The summed E-state index contributed by atoms with van der Waals surface area (Å²) in [5.41, 5.74) is 3.39. The standard InChI is InChI=1S/C23H27N3O3S/c1-17-10-11-19(30(28,29)26-12-6-3-7-13-26)15-21(17)24-23(27)14-18-16-25(2)22-9-5-4-8-20(18)22/h4-5,8-11,15-16H,3,6-7,12-14H2,1-2H3,(H,24,27). The van der Waals surface area contributed by atoms with Crippen LogP contribution in [-0.2, 0) is 28.3 Å². The number of benzene rings is 2.